The molecular formula is C21H20ClF5N6O. The molecule has 1 aromatic carbocycles. The molecule has 1 aliphatic rings. The maximum Gasteiger partial charge on any atom is 0.416 e. The first-order valence-electron chi connectivity index (χ1n) is 10.3. The number of anilines is 1. The fourth-order valence-corrected chi connectivity index (χ4v) is 4.19. The van der Waals surface area contributed by atoms with Crippen LogP contribution in [0.1, 0.15) is 11.1 Å². The predicted molar refractivity (Wildman–Crippen MR) is 113 cm³/mol. The Morgan fingerprint density at radius 2 is 1.74 bits per heavy atom. The number of aromatic nitrogens is 4. The number of alkyl halides is 3. The number of hydrogen-bond donors (Lipinski definition) is 1. The monoisotopic (exact) mass is 502 g/mol. The van der Waals surface area contributed by atoms with Gasteiger partial charge in [-0.1, -0.05) is 17.7 Å². The molecule has 1 aliphatic heterocycles. The van der Waals surface area contributed by atoms with Crippen LogP contribution in [-0.4, -0.2) is 62.5 Å². The van der Waals surface area contributed by atoms with Crippen molar-refractivity contribution in [2.24, 2.45) is 0 Å². The molecule has 7 nitrogen and oxygen atoms in total. The van der Waals surface area contributed by atoms with Crippen LogP contribution >= 0.6 is 11.6 Å². The predicted octanol–water partition coefficient (Wildman–Crippen LogP) is 3.33. The van der Waals surface area contributed by atoms with Crippen molar-refractivity contribution in [1.82, 2.24) is 24.6 Å². The molecule has 3 aromatic rings. The molecule has 34 heavy (non-hydrogen) atoms. The molecule has 3 heterocycles. The zero-order chi connectivity index (χ0) is 24.5. The second kappa shape index (κ2) is 9.43. The van der Waals surface area contributed by atoms with E-state index >= 15 is 0 Å². The summed E-state index contributed by atoms with van der Waals surface area (Å²) in [5.41, 5.74) is -2.76. The SMILES string of the molecule is OC(CN1CCN(c2cc(C(F)(F)F)cc(Cl)n2)CC1)(Cn1cncn1)c1ccc(F)cc1F. The molecule has 1 fully saturated rings. The van der Waals surface area contributed by atoms with Crippen LogP contribution in [0.3, 0.4) is 0 Å². The van der Waals surface area contributed by atoms with Crippen LogP contribution in [0.15, 0.2) is 43.0 Å². The molecule has 13 heteroatoms. The molecule has 0 amide bonds. The van der Waals surface area contributed by atoms with E-state index in [1.807, 2.05) is 4.90 Å². The number of halogens is 6. The van der Waals surface area contributed by atoms with Crippen LogP contribution in [0.2, 0.25) is 5.15 Å². The summed E-state index contributed by atoms with van der Waals surface area (Å²) in [5, 5.41) is 15.2. The van der Waals surface area contributed by atoms with Gasteiger partial charge in [0, 0.05) is 44.4 Å². The van der Waals surface area contributed by atoms with Gasteiger partial charge in [0.2, 0.25) is 0 Å². The van der Waals surface area contributed by atoms with Crippen LogP contribution in [0.25, 0.3) is 0 Å². The largest absolute Gasteiger partial charge is 0.416 e. The quantitative estimate of drug-likeness (QED) is 0.412. The van der Waals surface area contributed by atoms with Gasteiger partial charge in [-0.25, -0.2) is 23.4 Å². The van der Waals surface area contributed by atoms with E-state index in [-0.39, 0.29) is 29.6 Å². The lowest BCUT2D eigenvalue weighted by atomic mass is 9.92. The van der Waals surface area contributed by atoms with E-state index < -0.39 is 29.0 Å². The fourth-order valence-electron chi connectivity index (χ4n) is 3.98. The number of rotatable bonds is 6. The van der Waals surface area contributed by atoms with Gasteiger partial charge in [-0.05, 0) is 18.2 Å². The highest BCUT2D eigenvalue weighted by atomic mass is 35.5. The zero-order valence-corrected chi connectivity index (χ0v) is 18.4. The molecule has 2 aromatic heterocycles. The van der Waals surface area contributed by atoms with Gasteiger partial charge in [0.15, 0.2) is 0 Å². The normalized spacial score (nSPS) is 17.1. The third-order valence-electron chi connectivity index (χ3n) is 5.61. The lowest BCUT2D eigenvalue weighted by molar-refractivity contribution is -0.137. The van der Waals surface area contributed by atoms with Crippen LogP contribution in [0, 0.1) is 11.6 Å². The van der Waals surface area contributed by atoms with E-state index in [0.717, 1.165) is 18.2 Å². The van der Waals surface area contributed by atoms with Crippen molar-refractivity contribution in [2.75, 3.05) is 37.6 Å². The highest BCUT2D eigenvalue weighted by molar-refractivity contribution is 6.29. The molecule has 0 saturated carbocycles. The molecule has 0 spiro atoms. The molecule has 1 atom stereocenters. The lowest BCUT2D eigenvalue weighted by Crippen LogP contribution is -2.52. The molecule has 182 valence electrons. The van der Waals surface area contributed by atoms with Gasteiger partial charge in [0.05, 0.1) is 12.1 Å². The minimum Gasteiger partial charge on any atom is -0.382 e. The summed E-state index contributed by atoms with van der Waals surface area (Å²) in [6.45, 7) is 1.13. The van der Waals surface area contributed by atoms with E-state index in [2.05, 4.69) is 15.1 Å². The van der Waals surface area contributed by atoms with Crippen LogP contribution in [0.4, 0.5) is 27.8 Å². The second-order valence-electron chi connectivity index (χ2n) is 8.05. The number of aliphatic hydroxyl groups is 1. The van der Waals surface area contributed by atoms with Gasteiger partial charge in [-0.15, -0.1) is 0 Å². The number of β-amino-alcohol motifs (C(OH)–C–C–N with tert-alkyl or cyclic N) is 1. The Kier molecular flexibility index (Phi) is 6.74. The van der Waals surface area contributed by atoms with Crippen molar-refractivity contribution in [3.8, 4) is 0 Å². The van der Waals surface area contributed by atoms with Crippen molar-refractivity contribution < 1.29 is 27.1 Å². The van der Waals surface area contributed by atoms with Crippen molar-refractivity contribution in [3.05, 3.63) is 70.9 Å². The van der Waals surface area contributed by atoms with Gasteiger partial charge < -0.3 is 10.0 Å². The van der Waals surface area contributed by atoms with Crippen LogP contribution in [0.5, 0.6) is 0 Å². The fraction of sp³-hybridized carbons (Fsp3) is 0.381. The van der Waals surface area contributed by atoms with E-state index in [1.54, 1.807) is 4.90 Å². The third-order valence-corrected chi connectivity index (χ3v) is 5.81. The van der Waals surface area contributed by atoms with Crippen LogP contribution < -0.4 is 4.90 Å². The van der Waals surface area contributed by atoms with Gasteiger partial charge in [0.25, 0.3) is 0 Å². The van der Waals surface area contributed by atoms with Crippen molar-refractivity contribution in [3.63, 3.8) is 0 Å². The van der Waals surface area contributed by atoms with E-state index in [4.69, 9.17) is 11.6 Å². The standard InChI is InChI=1S/C21H20ClF5N6O/c22-18-7-14(21(25,26)27)8-19(30-18)32-5-3-31(4-6-32)10-20(34,11-33-13-28-12-29-33)16-2-1-15(23)9-17(16)24/h1-2,7-9,12-13,34H,3-6,10-11H2. The summed E-state index contributed by atoms with van der Waals surface area (Å²) in [6, 6.07) is 4.65. The molecule has 0 aliphatic carbocycles. The Hall–Kier alpha value is -2.83. The number of piperazine rings is 1. The van der Waals surface area contributed by atoms with Gasteiger partial charge in [-0.2, -0.15) is 18.3 Å². The zero-order valence-electron chi connectivity index (χ0n) is 17.7. The summed E-state index contributed by atoms with van der Waals surface area (Å²) in [6.07, 6.45) is -1.92. The van der Waals surface area contributed by atoms with Gasteiger partial charge in [0.1, 0.15) is 40.9 Å². The topological polar surface area (TPSA) is 70.3 Å². The third kappa shape index (κ3) is 5.45. The summed E-state index contributed by atoms with van der Waals surface area (Å²) in [5.74, 6) is -1.57. The molecule has 0 radical (unpaired) electrons. The maximum atomic E-state index is 14.6. The van der Waals surface area contributed by atoms with Gasteiger partial charge in [-0.3, -0.25) is 4.90 Å². The highest BCUT2D eigenvalue weighted by Crippen LogP contribution is 2.33. The second-order valence-corrected chi connectivity index (χ2v) is 8.43. The Balaban J connectivity index is 1.51. The van der Waals surface area contributed by atoms with E-state index in [9.17, 15) is 27.1 Å². The molecule has 1 saturated heterocycles. The van der Waals surface area contributed by atoms with Crippen molar-refractivity contribution >= 4 is 17.4 Å². The molecule has 1 N–H and O–H groups in total. The molecule has 0 bridgehead atoms. The highest BCUT2D eigenvalue weighted by Gasteiger charge is 2.37. The average Bonchev–Trinajstić information content (AvgIpc) is 3.25. The first-order valence-corrected chi connectivity index (χ1v) is 10.6. The van der Waals surface area contributed by atoms with Crippen LogP contribution in [-0.2, 0) is 18.3 Å². The van der Waals surface area contributed by atoms with Crippen molar-refractivity contribution in [2.45, 2.75) is 18.3 Å². The number of benzene rings is 1. The Morgan fingerprint density at radius 3 is 2.35 bits per heavy atom. The maximum absolute atomic E-state index is 14.6. The number of nitrogens with zero attached hydrogens (tertiary/aromatic N) is 6. The minimum absolute atomic E-state index is 0.0278. The number of hydrogen-bond acceptors (Lipinski definition) is 6. The first-order chi connectivity index (χ1) is 16.0. The van der Waals surface area contributed by atoms with Gasteiger partial charge >= 0.3 is 6.18 Å². The molecular weight excluding hydrogens is 483 g/mol. The summed E-state index contributed by atoms with van der Waals surface area (Å²) in [4.78, 5) is 11.3. The van der Waals surface area contributed by atoms with Crippen molar-refractivity contribution in [1.29, 1.82) is 0 Å². The minimum atomic E-state index is -4.56. The van der Waals surface area contributed by atoms with E-state index in [1.165, 1.54) is 23.4 Å². The summed E-state index contributed by atoms with van der Waals surface area (Å²) >= 11 is 5.80. The van der Waals surface area contributed by atoms with E-state index in [0.29, 0.717) is 32.2 Å². The Bertz CT molecular complexity index is 1140. The summed E-state index contributed by atoms with van der Waals surface area (Å²) in [7, 11) is 0. The molecule has 4 rings (SSSR count). The molecule has 1 unspecified atom stereocenters. The number of pyridine rings is 1. The lowest BCUT2D eigenvalue weighted by Gasteiger charge is -2.40. The average molecular weight is 503 g/mol. The Morgan fingerprint density at radius 1 is 1.00 bits per heavy atom. The summed E-state index contributed by atoms with van der Waals surface area (Å²) < 4.78 is 68.8. The smallest absolute Gasteiger partial charge is 0.382 e. The first kappa shape index (κ1) is 24.3. The Labute approximate surface area is 196 Å².